The number of hydrogen-bond donors (Lipinski definition) is 1. The summed E-state index contributed by atoms with van der Waals surface area (Å²) >= 11 is 0. The molecule has 1 atom stereocenters. The van der Waals surface area contributed by atoms with Gasteiger partial charge in [0.1, 0.15) is 11.9 Å². The van der Waals surface area contributed by atoms with E-state index in [1.807, 2.05) is 37.3 Å². The quantitative estimate of drug-likeness (QED) is 0.796. The molecule has 0 aliphatic carbocycles. The van der Waals surface area contributed by atoms with Crippen molar-refractivity contribution < 1.29 is 23.1 Å². The van der Waals surface area contributed by atoms with Crippen molar-refractivity contribution in [3.8, 4) is 5.75 Å². The van der Waals surface area contributed by atoms with Crippen molar-refractivity contribution in [2.24, 2.45) is 0 Å². The Morgan fingerprint density at radius 2 is 1.96 bits per heavy atom. The van der Waals surface area contributed by atoms with Crippen molar-refractivity contribution in [2.45, 2.75) is 31.4 Å². The highest BCUT2D eigenvalue weighted by Gasteiger charge is 2.30. The number of benzene rings is 2. The maximum atomic E-state index is 13.2. The van der Waals surface area contributed by atoms with Gasteiger partial charge in [-0.15, -0.1) is 0 Å². The average molecular weight is 404 g/mol. The average Bonchev–Trinajstić information content (AvgIpc) is 2.67. The number of hydrogen-bond acceptors (Lipinski definition) is 5. The second kappa shape index (κ2) is 8.30. The zero-order valence-corrected chi connectivity index (χ0v) is 16.7. The molecule has 3 rings (SSSR count). The molecule has 0 saturated heterocycles. The number of nitrogens with zero attached hydrogens (tertiary/aromatic N) is 2. The van der Waals surface area contributed by atoms with E-state index < -0.39 is 10.0 Å². The van der Waals surface area contributed by atoms with Gasteiger partial charge in [0, 0.05) is 20.0 Å². The highest BCUT2D eigenvalue weighted by molar-refractivity contribution is 7.89. The van der Waals surface area contributed by atoms with Gasteiger partial charge in [-0.25, -0.2) is 8.42 Å². The third-order valence-corrected chi connectivity index (χ3v) is 6.40. The largest absolute Gasteiger partial charge is 0.487 e. The molecule has 150 valence electrons. The van der Waals surface area contributed by atoms with E-state index in [4.69, 9.17) is 4.74 Å². The summed E-state index contributed by atoms with van der Waals surface area (Å²) in [6, 6.07) is 13.7. The molecule has 8 heteroatoms. The molecule has 1 heterocycles. The number of sulfonamides is 1. The lowest BCUT2D eigenvalue weighted by Gasteiger charge is -2.33. The van der Waals surface area contributed by atoms with Crippen LogP contribution in [0.25, 0.3) is 0 Å². The molecule has 0 aromatic heterocycles. The fraction of sp³-hybridized carbons (Fsp3) is 0.350. The standard InChI is InChI=1S/C20H24N2O5S/c1-15-13-22(16(2)24)19-12-18(8-9-20(19)27-15)28(25,26)21(10-11-23)14-17-6-4-3-5-7-17/h3-9,12,15,23H,10-11,13-14H2,1-2H3. The summed E-state index contributed by atoms with van der Waals surface area (Å²) in [6.07, 6.45) is -0.178. The van der Waals surface area contributed by atoms with Crippen LogP contribution in [0.3, 0.4) is 0 Å². The lowest BCUT2D eigenvalue weighted by Crippen LogP contribution is -2.41. The Labute approximate surface area is 165 Å². The Morgan fingerprint density at radius 1 is 1.25 bits per heavy atom. The molecule has 0 spiro atoms. The summed E-state index contributed by atoms with van der Waals surface area (Å²) in [5, 5.41) is 9.38. The van der Waals surface area contributed by atoms with Crippen LogP contribution in [0.4, 0.5) is 5.69 Å². The fourth-order valence-corrected chi connectivity index (χ4v) is 4.65. The monoisotopic (exact) mass is 404 g/mol. The minimum atomic E-state index is -3.88. The summed E-state index contributed by atoms with van der Waals surface area (Å²) in [5.74, 6) is 0.298. The van der Waals surface area contributed by atoms with Gasteiger partial charge in [-0.05, 0) is 30.7 Å². The van der Waals surface area contributed by atoms with E-state index >= 15 is 0 Å². The number of carbonyl (C=O) groups excluding carboxylic acids is 1. The highest BCUT2D eigenvalue weighted by Crippen LogP contribution is 2.36. The van der Waals surface area contributed by atoms with E-state index in [1.165, 1.54) is 28.3 Å². The van der Waals surface area contributed by atoms with Crippen molar-refractivity contribution >= 4 is 21.6 Å². The van der Waals surface area contributed by atoms with E-state index in [0.29, 0.717) is 18.0 Å². The predicted molar refractivity (Wildman–Crippen MR) is 106 cm³/mol. The predicted octanol–water partition coefficient (Wildman–Crippen LogP) is 2.00. The van der Waals surface area contributed by atoms with Gasteiger partial charge in [0.2, 0.25) is 15.9 Å². The summed E-state index contributed by atoms with van der Waals surface area (Å²) in [7, 11) is -3.88. The number of amides is 1. The molecule has 0 fully saturated rings. The Bertz CT molecular complexity index is 946. The number of aliphatic hydroxyl groups is 1. The van der Waals surface area contributed by atoms with Crippen molar-refractivity contribution in [3.63, 3.8) is 0 Å². The van der Waals surface area contributed by atoms with E-state index in [2.05, 4.69) is 0 Å². The number of ether oxygens (including phenoxy) is 1. The summed E-state index contributed by atoms with van der Waals surface area (Å²) in [5.41, 5.74) is 1.26. The second-order valence-electron chi connectivity index (χ2n) is 6.74. The van der Waals surface area contributed by atoms with Gasteiger partial charge < -0.3 is 14.7 Å². The Morgan fingerprint density at radius 3 is 2.61 bits per heavy atom. The maximum Gasteiger partial charge on any atom is 0.243 e. The van der Waals surface area contributed by atoms with Crippen LogP contribution < -0.4 is 9.64 Å². The summed E-state index contributed by atoms with van der Waals surface area (Å²) < 4.78 is 33.4. The third-order valence-electron chi connectivity index (χ3n) is 4.56. The second-order valence-corrected chi connectivity index (χ2v) is 8.67. The molecule has 1 N–H and O–H groups in total. The van der Waals surface area contributed by atoms with Gasteiger partial charge in [-0.2, -0.15) is 4.31 Å². The van der Waals surface area contributed by atoms with Crippen LogP contribution in [0, 0.1) is 0 Å². The number of carbonyl (C=O) groups is 1. The smallest absolute Gasteiger partial charge is 0.243 e. The van der Waals surface area contributed by atoms with Gasteiger partial charge in [0.15, 0.2) is 0 Å². The lowest BCUT2D eigenvalue weighted by molar-refractivity contribution is -0.117. The summed E-state index contributed by atoms with van der Waals surface area (Å²) in [6.45, 7) is 3.47. The Balaban J connectivity index is 1.98. The van der Waals surface area contributed by atoms with Gasteiger partial charge in [0.05, 0.1) is 23.7 Å². The molecule has 1 unspecified atom stereocenters. The van der Waals surface area contributed by atoms with Gasteiger partial charge >= 0.3 is 0 Å². The molecule has 7 nitrogen and oxygen atoms in total. The van der Waals surface area contributed by atoms with Crippen LogP contribution in [0.2, 0.25) is 0 Å². The van der Waals surface area contributed by atoms with Crippen LogP contribution >= 0.6 is 0 Å². The molecule has 1 aliphatic rings. The topological polar surface area (TPSA) is 87.2 Å². The third kappa shape index (κ3) is 4.19. The first-order valence-corrected chi connectivity index (χ1v) is 10.5. The molecule has 28 heavy (non-hydrogen) atoms. The van der Waals surface area contributed by atoms with Crippen molar-refractivity contribution in [1.29, 1.82) is 0 Å². The van der Waals surface area contributed by atoms with Gasteiger partial charge in [-0.1, -0.05) is 30.3 Å². The van der Waals surface area contributed by atoms with Gasteiger partial charge in [-0.3, -0.25) is 4.79 Å². The fourth-order valence-electron chi connectivity index (χ4n) is 3.21. The molecule has 0 radical (unpaired) electrons. The van der Waals surface area contributed by atoms with E-state index in [0.717, 1.165) is 5.56 Å². The highest BCUT2D eigenvalue weighted by atomic mass is 32.2. The van der Waals surface area contributed by atoms with Crippen LogP contribution in [-0.4, -0.2) is 49.5 Å². The first-order chi connectivity index (χ1) is 13.3. The van der Waals surface area contributed by atoms with E-state index in [-0.39, 0.29) is 36.6 Å². The molecular weight excluding hydrogens is 380 g/mol. The van der Waals surface area contributed by atoms with E-state index in [9.17, 15) is 18.3 Å². The first kappa shape index (κ1) is 20.3. The van der Waals surface area contributed by atoms with Crippen LogP contribution in [0.15, 0.2) is 53.4 Å². The molecule has 1 amide bonds. The number of anilines is 1. The molecule has 0 saturated carbocycles. The molecular formula is C20H24N2O5S. The lowest BCUT2D eigenvalue weighted by atomic mass is 10.2. The minimum Gasteiger partial charge on any atom is -0.487 e. The SMILES string of the molecule is CC(=O)N1CC(C)Oc2ccc(S(=O)(=O)N(CCO)Cc3ccccc3)cc21. The summed E-state index contributed by atoms with van der Waals surface area (Å²) in [4.78, 5) is 13.6. The van der Waals surface area contributed by atoms with Crippen molar-refractivity contribution in [3.05, 3.63) is 54.1 Å². The van der Waals surface area contributed by atoms with Gasteiger partial charge in [0.25, 0.3) is 0 Å². The minimum absolute atomic E-state index is 0.0295. The van der Waals surface area contributed by atoms with Crippen molar-refractivity contribution in [1.82, 2.24) is 4.31 Å². The molecule has 0 bridgehead atoms. The van der Waals surface area contributed by atoms with Crippen LogP contribution in [0.1, 0.15) is 19.4 Å². The number of aliphatic hydroxyl groups excluding tert-OH is 1. The normalized spacial score (nSPS) is 16.6. The number of rotatable bonds is 6. The van der Waals surface area contributed by atoms with Crippen LogP contribution in [0.5, 0.6) is 5.75 Å². The Kier molecular flexibility index (Phi) is 6.02. The van der Waals surface area contributed by atoms with E-state index in [1.54, 1.807) is 6.07 Å². The van der Waals surface area contributed by atoms with Crippen LogP contribution in [-0.2, 0) is 21.4 Å². The number of fused-ring (bicyclic) bond motifs is 1. The zero-order valence-electron chi connectivity index (χ0n) is 15.9. The molecule has 2 aromatic carbocycles. The van der Waals surface area contributed by atoms with Crippen molar-refractivity contribution in [2.75, 3.05) is 24.6 Å². The first-order valence-electron chi connectivity index (χ1n) is 9.06. The Hall–Kier alpha value is -2.42. The molecule has 1 aliphatic heterocycles. The zero-order chi connectivity index (χ0) is 20.3. The molecule has 2 aromatic rings. The maximum absolute atomic E-state index is 13.2.